The maximum Gasteiger partial charge on any atom is 0.225 e. The van der Waals surface area contributed by atoms with Gasteiger partial charge in [0.15, 0.2) is 52.4 Å². The summed E-state index contributed by atoms with van der Waals surface area (Å²) in [6.45, 7) is 5.28. The Morgan fingerprint density at radius 2 is 0.449 bits per heavy atom. The van der Waals surface area contributed by atoms with Crippen LogP contribution in [0.1, 0.15) is 219 Å². The summed E-state index contributed by atoms with van der Waals surface area (Å²) < 4.78 is 292. The highest BCUT2D eigenvalue weighted by molar-refractivity contribution is 7.20. The van der Waals surface area contributed by atoms with E-state index in [1.54, 1.807) is 0 Å². The Morgan fingerprint density at radius 3 is 0.674 bits per heavy atom. The van der Waals surface area contributed by atoms with Crippen LogP contribution in [-0.4, -0.2) is 24.3 Å². The Kier molecular flexibility index (Phi) is 32.8. The molecule has 5 aromatic carbocycles. The van der Waals surface area contributed by atoms with E-state index in [0.717, 1.165) is 44.6 Å². The highest BCUT2D eigenvalue weighted by Crippen LogP contribution is 2.31. The molecular formula is C66H80BF20NO. The molecule has 2 N–H and O–H groups in total. The Labute approximate surface area is 508 Å². The summed E-state index contributed by atoms with van der Waals surface area (Å²) >= 11 is 0. The molecule has 0 unspecified atom stereocenters. The standard InChI is InChI=1S/C42H74F5N.C24H5BF15O/c1-3-5-7-9-11-13-15-17-19-21-23-25-27-29-31-33-35-48(42-40(46)38(44)37(43)39(45)41(42)47)36-34-32-30-28-26-24-22-20-18-16-14-12-10-8-6-4-2;26-10-7(11(27)17(33)22(38)16(10)32)25(5-3-1-2-4-6(5)41,8-12(28)18(34)23(39)19(35)13(8)29)9-14(30)20(36)24(40)21(37)15(9)31/h3-36H2,1-2H3;1-4,41H/q;-1/p+1. The smallest absolute Gasteiger partial charge is 0.225 e. The van der Waals surface area contributed by atoms with Gasteiger partial charge in [-0.05, 0) is 31.7 Å². The maximum atomic E-state index is 15.4. The van der Waals surface area contributed by atoms with E-state index in [4.69, 9.17) is 0 Å². The van der Waals surface area contributed by atoms with Gasteiger partial charge >= 0.3 is 0 Å². The molecule has 0 aliphatic heterocycles. The lowest BCUT2D eigenvalue weighted by atomic mass is 9.12. The van der Waals surface area contributed by atoms with Crippen molar-refractivity contribution < 1.29 is 97.8 Å². The fraction of sp³-hybridized carbons (Fsp3) is 0.545. The number of hydrogen-bond acceptors (Lipinski definition) is 1. The van der Waals surface area contributed by atoms with E-state index in [1.165, 1.54) is 154 Å². The summed E-state index contributed by atoms with van der Waals surface area (Å²) in [5, 5.41) is 10.5. The van der Waals surface area contributed by atoms with E-state index in [1.807, 2.05) is 0 Å². The van der Waals surface area contributed by atoms with Crippen LogP contribution in [0, 0.1) is 116 Å². The molecule has 5 aromatic rings. The van der Waals surface area contributed by atoms with Crippen molar-refractivity contribution in [1.82, 2.24) is 0 Å². The Morgan fingerprint density at radius 1 is 0.258 bits per heavy atom. The Balaban J connectivity index is 0.000000384. The van der Waals surface area contributed by atoms with E-state index >= 15 is 26.3 Å². The van der Waals surface area contributed by atoms with Crippen molar-refractivity contribution in [2.45, 2.75) is 219 Å². The molecule has 5 rings (SSSR count). The van der Waals surface area contributed by atoms with Crippen LogP contribution in [0.25, 0.3) is 0 Å². The van der Waals surface area contributed by atoms with Crippen LogP contribution in [0.5, 0.6) is 5.75 Å². The molecular weight excluding hydrogens is 1210 g/mol. The van der Waals surface area contributed by atoms with E-state index in [0.29, 0.717) is 43.0 Å². The molecule has 23 heteroatoms. The first-order chi connectivity index (χ1) is 42.5. The predicted octanol–water partition coefficient (Wildman–Crippen LogP) is 19.3. The molecule has 0 saturated carbocycles. The van der Waals surface area contributed by atoms with Gasteiger partial charge in [-0.15, -0.1) is 16.4 Å². The monoisotopic (exact) mass is 1290 g/mol. The van der Waals surface area contributed by atoms with Crippen molar-refractivity contribution in [1.29, 1.82) is 0 Å². The molecule has 0 amide bonds. The van der Waals surface area contributed by atoms with Crippen LogP contribution >= 0.6 is 0 Å². The first kappa shape index (κ1) is 76.0. The summed E-state index contributed by atoms with van der Waals surface area (Å²) in [6.07, 6.45) is 33.4. The van der Waals surface area contributed by atoms with Gasteiger partial charge in [0.05, 0.1) is 18.8 Å². The van der Waals surface area contributed by atoms with Gasteiger partial charge in [0.25, 0.3) is 0 Å². The van der Waals surface area contributed by atoms with E-state index in [-0.39, 0.29) is 6.07 Å². The van der Waals surface area contributed by atoms with Crippen molar-refractivity contribution in [3.8, 4) is 5.75 Å². The Hall–Kier alpha value is -5.48. The number of quaternary nitrogens is 1. The van der Waals surface area contributed by atoms with Gasteiger partial charge in [-0.2, -0.15) is 14.2 Å². The lowest BCUT2D eigenvalue weighted by molar-refractivity contribution is -0.835. The number of nitrogens with one attached hydrogen (secondary N) is 1. The summed E-state index contributed by atoms with van der Waals surface area (Å²) in [5.41, 5.74) is -10.9. The lowest BCUT2D eigenvalue weighted by Gasteiger charge is -2.44. The number of benzene rings is 5. The molecule has 0 atom stereocenters. The quantitative estimate of drug-likeness (QED) is 0.0132. The molecule has 0 aromatic heterocycles. The third-order valence-corrected chi connectivity index (χ3v) is 16.7. The minimum absolute atomic E-state index is 0.184. The number of rotatable bonds is 39. The lowest BCUT2D eigenvalue weighted by Crippen LogP contribution is -3.07. The van der Waals surface area contributed by atoms with Crippen LogP contribution in [0.2, 0.25) is 0 Å². The molecule has 0 saturated heterocycles. The van der Waals surface area contributed by atoms with Crippen molar-refractivity contribution in [2.24, 2.45) is 0 Å². The van der Waals surface area contributed by atoms with Crippen molar-refractivity contribution >= 4 is 33.7 Å². The molecule has 0 bridgehead atoms. The van der Waals surface area contributed by atoms with Crippen LogP contribution in [-0.2, 0) is 0 Å². The van der Waals surface area contributed by atoms with E-state index < -0.39 is 156 Å². The molecule has 0 radical (unpaired) electrons. The predicted molar refractivity (Wildman–Crippen MR) is 307 cm³/mol. The molecule has 0 heterocycles. The number of phenolic OH excluding ortho intramolecular Hbond substituents is 1. The van der Waals surface area contributed by atoms with Gasteiger partial charge in [-0.25, -0.2) is 79.0 Å². The largest absolute Gasteiger partial charge is 0.511 e. The zero-order chi connectivity index (χ0) is 66.0. The molecule has 0 spiro atoms. The molecule has 0 fully saturated rings. The summed E-state index contributed by atoms with van der Waals surface area (Å²) in [6, 6.07) is 1.92. The molecule has 0 aliphatic carbocycles. The number of aromatic hydroxyl groups is 1. The van der Waals surface area contributed by atoms with Crippen LogP contribution < -0.4 is 26.8 Å². The highest BCUT2D eigenvalue weighted by Gasteiger charge is 2.50. The highest BCUT2D eigenvalue weighted by atomic mass is 19.2. The van der Waals surface area contributed by atoms with Crippen molar-refractivity contribution in [3.05, 3.63) is 141 Å². The second-order valence-electron chi connectivity index (χ2n) is 23.0. The van der Waals surface area contributed by atoms with Gasteiger partial charge < -0.3 is 5.11 Å². The fourth-order valence-corrected chi connectivity index (χ4v) is 11.8. The minimum atomic E-state index is -5.99. The van der Waals surface area contributed by atoms with Crippen LogP contribution in [0.15, 0.2) is 24.3 Å². The number of hydrogen-bond donors (Lipinski definition) is 2. The number of halogens is 20. The summed E-state index contributed by atoms with van der Waals surface area (Å²) in [5.74, 6) is -57.5. The third kappa shape index (κ3) is 19.5. The first-order valence-corrected chi connectivity index (χ1v) is 31.4. The average molecular weight is 1290 g/mol. The molecule has 2 nitrogen and oxygen atoms in total. The SMILES string of the molecule is CCCCCCCCCCCCCCCCCC[NH+](CCCCCCCCCCCCCCCCCC)c1c(F)c(F)c(F)c(F)c1F.Oc1ccccc1[B-](c1c(F)c(F)c(F)c(F)c1F)(c1c(F)c(F)c(F)c(F)c1F)c1c(F)c(F)c(F)c(F)c1F. The second-order valence-corrected chi connectivity index (χ2v) is 23.0. The molecule has 89 heavy (non-hydrogen) atoms. The number of para-hydroxylation sites is 1. The van der Waals surface area contributed by atoms with E-state index in [2.05, 4.69) is 13.8 Å². The maximum absolute atomic E-state index is 15.4. The molecule has 0 aliphatic rings. The fourth-order valence-electron chi connectivity index (χ4n) is 11.8. The minimum Gasteiger partial charge on any atom is -0.511 e. The van der Waals surface area contributed by atoms with Crippen molar-refractivity contribution in [3.63, 3.8) is 0 Å². The number of phenols is 1. The van der Waals surface area contributed by atoms with E-state index in [9.17, 15) is 66.6 Å². The summed E-state index contributed by atoms with van der Waals surface area (Å²) in [7, 11) is 0. The normalized spacial score (nSPS) is 11.8. The van der Waals surface area contributed by atoms with Gasteiger partial charge in [0, 0.05) is 0 Å². The second kappa shape index (κ2) is 38.4. The van der Waals surface area contributed by atoms with Gasteiger partial charge in [-0.3, -0.25) is 4.90 Å². The van der Waals surface area contributed by atoms with Crippen LogP contribution in [0.3, 0.4) is 0 Å². The zero-order valence-corrected chi connectivity index (χ0v) is 50.4. The zero-order valence-electron chi connectivity index (χ0n) is 50.4. The van der Waals surface area contributed by atoms with Crippen molar-refractivity contribution in [2.75, 3.05) is 13.1 Å². The van der Waals surface area contributed by atoms with Gasteiger partial charge in [-0.1, -0.05) is 212 Å². The number of unbranched alkanes of at least 4 members (excludes halogenated alkanes) is 30. The molecule has 498 valence electrons. The first-order valence-electron chi connectivity index (χ1n) is 31.4. The van der Waals surface area contributed by atoms with Gasteiger partial charge in [0.1, 0.15) is 41.0 Å². The Bertz CT molecular complexity index is 2710. The third-order valence-electron chi connectivity index (χ3n) is 16.7. The van der Waals surface area contributed by atoms with Gasteiger partial charge in [0.2, 0.25) is 34.8 Å². The average Bonchev–Trinajstić information content (AvgIpc) is 0.696. The van der Waals surface area contributed by atoms with Crippen LogP contribution in [0.4, 0.5) is 93.5 Å². The topological polar surface area (TPSA) is 24.7 Å². The summed E-state index contributed by atoms with van der Waals surface area (Å²) in [4.78, 5) is 0.388.